The Kier molecular flexibility index (Phi) is 3.23. The Labute approximate surface area is 120 Å². The van der Waals surface area contributed by atoms with Crippen LogP contribution in [0.4, 0.5) is 0 Å². The molecular weight excluding hydrogens is 276 g/mol. The van der Waals surface area contributed by atoms with Crippen LogP contribution in [0.5, 0.6) is 0 Å². The minimum atomic E-state index is -3.47. The lowest BCUT2D eigenvalue weighted by molar-refractivity contribution is 0.456. The van der Waals surface area contributed by atoms with Crippen molar-refractivity contribution in [3.63, 3.8) is 0 Å². The second-order valence-corrected chi connectivity index (χ2v) is 8.34. The van der Waals surface area contributed by atoms with Gasteiger partial charge in [0.25, 0.3) is 0 Å². The highest BCUT2D eigenvalue weighted by Crippen LogP contribution is 2.45. The molecule has 1 aromatic rings. The van der Waals surface area contributed by atoms with Crippen molar-refractivity contribution in [1.82, 2.24) is 10.0 Å². The van der Waals surface area contributed by atoms with E-state index in [9.17, 15) is 8.42 Å². The van der Waals surface area contributed by atoms with E-state index in [1.165, 1.54) is 12.8 Å². The van der Waals surface area contributed by atoms with Gasteiger partial charge in [0.1, 0.15) is 16.4 Å². The molecule has 1 unspecified atom stereocenters. The summed E-state index contributed by atoms with van der Waals surface area (Å²) >= 11 is 0. The molecule has 0 bridgehead atoms. The summed E-state index contributed by atoms with van der Waals surface area (Å²) in [7, 11) is -3.47. The summed E-state index contributed by atoms with van der Waals surface area (Å²) in [4.78, 5) is 0.271. The zero-order valence-corrected chi connectivity index (χ0v) is 13.0. The van der Waals surface area contributed by atoms with Crippen LogP contribution in [0.2, 0.25) is 0 Å². The van der Waals surface area contributed by atoms with Crippen LogP contribution in [0.1, 0.15) is 44.6 Å². The molecule has 20 heavy (non-hydrogen) atoms. The number of nitrogens with one attached hydrogen (secondary N) is 2. The highest BCUT2D eigenvalue weighted by atomic mass is 32.2. The topological polar surface area (TPSA) is 71.3 Å². The predicted octanol–water partition coefficient (Wildman–Crippen LogP) is 1.92. The van der Waals surface area contributed by atoms with Gasteiger partial charge in [-0.25, -0.2) is 13.1 Å². The first kappa shape index (κ1) is 14.1. The van der Waals surface area contributed by atoms with E-state index in [1.54, 1.807) is 13.0 Å². The minimum absolute atomic E-state index is 0.0369. The molecule has 2 aliphatic rings. The van der Waals surface area contributed by atoms with E-state index < -0.39 is 10.0 Å². The van der Waals surface area contributed by atoms with Gasteiger partial charge < -0.3 is 9.73 Å². The summed E-state index contributed by atoms with van der Waals surface area (Å²) in [5, 5.41) is 3.32. The lowest BCUT2D eigenvalue weighted by Crippen LogP contribution is -2.28. The van der Waals surface area contributed by atoms with Gasteiger partial charge >= 0.3 is 0 Å². The molecule has 112 valence electrons. The molecule has 1 heterocycles. The molecule has 6 heteroatoms. The molecule has 2 N–H and O–H groups in total. The Balaban J connectivity index is 1.71. The third-order valence-electron chi connectivity index (χ3n) is 4.17. The average Bonchev–Trinajstić information content (AvgIpc) is 3.20. The van der Waals surface area contributed by atoms with Crippen LogP contribution in [0.25, 0.3) is 0 Å². The lowest BCUT2D eigenvalue weighted by atomic mass is 10.2. The van der Waals surface area contributed by atoms with Crippen molar-refractivity contribution in [1.29, 1.82) is 0 Å². The molecule has 0 spiro atoms. The number of furan rings is 1. The quantitative estimate of drug-likeness (QED) is 0.841. The Morgan fingerprint density at radius 1 is 1.40 bits per heavy atom. The van der Waals surface area contributed by atoms with E-state index in [2.05, 4.69) is 23.9 Å². The van der Waals surface area contributed by atoms with Crippen LogP contribution in [-0.2, 0) is 16.6 Å². The van der Waals surface area contributed by atoms with Crippen molar-refractivity contribution in [2.24, 2.45) is 5.41 Å². The van der Waals surface area contributed by atoms with Gasteiger partial charge in [-0.05, 0) is 31.6 Å². The summed E-state index contributed by atoms with van der Waals surface area (Å²) in [5.41, 5.74) is 0.0705. The smallest absolute Gasteiger partial charge is 0.244 e. The van der Waals surface area contributed by atoms with E-state index >= 15 is 0 Å². The first-order valence-electron chi connectivity index (χ1n) is 7.13. The molecule has 2 fully saturated rings. The Bertz CT molecular complexity index is 614. The van der Waals surface area contributed by atoms with Gasteiger partial charge in [0.05, 0.1) is 6.54 Å². The Morgan fingerprint density at radius 3 is 2.60 bits per heavy atom. The SMILES string of the molecule is Cc1oc(CNC2CC2)cc1S(=O)(=O)NC1CC1(C)C. The van der Waals surface area contributed by atoms with E-state index in [0.29, 0.717) is 24.1 Å². The fourth-order valence-electron chi connectivity index (χ4n) is 2.33. The van der Waals surface area contributed by atoms with Crippen molar-refractivity contribution in [3.8, 4) is 0 Å². The van der Waals surface area contributed by atoms with Crippen LogP contribution < -0.4 is 10.0 Å². The molecule has 0 amide bonds. The molecule has 2 saturated carbocycles. The largest absolute Gasteiger partial charge is 0.464 e. The first-order chi connectivity index (χ1) is 9.28. The number of hydrogen-bond donors (Lipinski definition) is 2. The third kappa shape index (κ3) is 2.92. The lowest BCUT2D eigenvalue weighted by Gasteiger charge is -2.06. The average molecular weight is 298 g/mol. The molecule has 2 aliphatic carbocycles. The summed E-state index contributed by atoms with van der Waals surface area (Å²) in [6.07, 6.45) is 3.28. The highest BCUT2D eigenvalue weighted by molar-refractivity contribution is 7.89. The van der Waals surface area contributed by atoms with Crippen LogP contribution in [0.15, 0.2) is 15.4 Å². The second kappa shape index (κ2) is 4.58. The van der Waals surface area contributed by atoms with Crippen molar-refractivity contribution in [3.05, 3.63) is 17.6 Å². The maximum Gasteiger partial charge on any atom is 0.244 e. The number of rotatable bonds is 6. The maximum absolute atomic E-state index is 12.4. The van der Waals surface area contributed by atoms with Gasteiger partial charge in [-0.3, -0.25) is 0 Å². The summed E-state index contributed by atoms with van der Waals surface area (Å²) < 4.78 is 33.0. The maximum atomic E-state index is 12.4. The summed E-state index contributed by atoms with van der Waals surface area (Å²) in [5.74, 6) is 1.15. The molecule has 5 nitrogen and oxygen atoms in total. The molecule has 0 aromatic carbocycles. The minimum Gasteiger partial charge on any atom is -0.464 e. The molecule has 0 saturated heterocycles. The molecule has 1 atom stereocenters. The fourth-order valence-corrected chi connectivity index (χ4v) is 3.94. The van der Waals surface area contributed by atoms with Crippen molar-refractivity contribution in [2.45, 2.75) is 63.6 Å². The molecular formula is C14H22N2O3S. The normalized spacial score (nSPS) is 24.9. The van der Waals surface area contributed by atoms with E-state index in [4.69, 9.17) is 4.42 Å². The Morgan fingerprint density at radius 2 is 2.05 bits per heavy atom. The number of sulfonamides is 1. The first-order valence-corrected chi connectivity index (χ1v) is 8.61. The van der Waals surface area contributed by atoms with Crippen LogP contribution in [-0.4, -0.2) is 20.5 Å². The van der Waals surface area contributed by atoms with Gasteiger partial charge in [-0.2, -0.15) is 0 Å². The molecule has 0 radical (unpaired) electrons. The van der Waals surface area contributed by atoms with Crippen LogP contribution in [0, 0.1) is 12.3 Å². The molecule has 0 aliphatic heterocycles. The van der Waals surface area contributed by atoms with E-state index in [-0.39, 0.29) is 16.4 Å². The number of hydrogen-bond acceptors (Lipinski definition) is 4. The molecule has 3 rings (SSSR count). The van der Waals surface area contributed by atoms with Gasteiger partial charge in [0, 0.05) is 18.2 Å². The van der Waals surface area contributed by atoms with E-state index in [0.717, 1.165) is 6.42 Å². The molecule has 1 aromatic heterocycles. The van der Waals surface area contributed by atoms with Gasteiger partial charge in [0.15, 0.2) is 0 Å². The van der Waals surface area contributed by atoms with Crippen LogP contribution >= 0.6 is 0 Å². The predicted molar refractivity (Wildman–Crippen MR) is 75.8 cm³/mol. The van der Waals surface area contributed by atoms with Crippen LogP contribution in [0.3, 0.4) is 0 Å². The Hall–Kier alpha value is -0.850. The monoisotopic (exact) mass is 298 g/mol. The highest BCUT2D eigenvalue weighted by Gasteiger charge is 2.48. The van der Waals surface area contributed by atoms with Gasteiger partial charge in [-0.1, -0.05) is 13.8 Å². The zero-order valence-electron chi connectivity index (χ0n) is 12.2. The second-order valence-electron chi connectivity index (χ2n) is 6.65. The van der Waals surface area contributed by atoms with Gasteiger partial charge in [-0.15, -0.1) is 0 Å². The van der Waals surface area contributed by atoms with Crippen molar-refractivity contribution in [2.75, 3.05) is 0 Å². The van der Waals surface area contributed by atoms with Crippen molar-refractivity contribution < 1.29 is 12.8 Å². The van der Waals surface area contributed by atoms with Crippen molar-refractivity contribution >= 4 is 10.0 Å². The summed E-state index contributed by atoms with van der Waals surface area (Å²) in [6.45, 7) is 6.42. The zero-order chi connectivity index (χ0) is 14.5. The summed E-state index contributed by atoms with van der Waals surface area (Å²) in [6, 6.07) is 2.25. The van der Waals surface area contributed by atoms with E-state index in [1.807, 2.05) is 0 Å². The standard InChI is InChI=1S/C14H22N2O3S/c1-9-12(6-11(19-9)8-15-10-4-5-10)20(17,18)16-13-7-14(13,2)3/h6,10,13,15-16H,4-5,7-8H2,1-3H3. The van der Waals surface area contributed by atoms with Gasteiger partial charge in [0.2, 0.25) is 10.0 Å². The number of aryl methyl sites for hydroxylation is 1. The third-order valence-corrected chi connectivity index (χ3v) is 5.75. The fraction of sp³-hybridized carbons (Fsp3) is 0.714.